The fraction of sp³-hybridized carbons (Fsp3) is 0.214. The van der Waals surface area contributed by atoms with E-state index in [2.05, 4.69) is 49.1 Å². The van der Waals surface area contributed by atoms with E-state index in [0.717, 1.165) is 28.5 Å². The monoisotopic (exact) mass is 530 g/mol. The lowest BCUT2D eigenvalue weighted by Crippen LogP contribution is -2.30. The molecule has 1 aliphatic rings. The highest BCUT2D eigenvalue weighted by atomic mass is 35.5. The Kier molecular flexibility index (Phi) is 6.95. The number of nitrogens with zero attached hydrogens (tertiary/aromatic N) is 4. The average Bonchev–Trinajstić information content (AvgIpc) is 3.45. The number of aromatic nitrogens is 3. The third-order valence-corrected chi connectivity index (χ3v) is 7.05. The third-order valence-electron chi connectivity index (χ3n) is 6.42. The number of hydrogen-bond acceptors (Lipinski definition) is 4. The first-order valence-corrected chi connectivity index (χ1v) is 12.8. The summed E-state index contributed by atoms with van der Waals surface area (Å²) in [6.45, 7) is 5.75. The van der Waals surface area contributed by atoms with Crippen molar-refractivity contribution in [2.24, 2.45) is 5.92 Å². The Balaban J connectivity index is 1.62. The number of amides is 1. The average molecular weight is 531 g/mol. The summed E-state index contributed by atoms with van der Waals surface area (Å²) in [5.74, 6) is -0.246. The van der Waals surface area contributed by atoms with Gasteiger partial charge in [-0.15, -0.1) is 0 Å². The van der Waals surface area contributed by atoms with Crippen molar-refractivity contribution < 1.29 is 4.79 Å². The first-order chi connectivity index (χ1) is 17.8. The minimum atomic E-state index is -0.233. The first kappa shape index (κ1) is 24.9. The van der Waals surface area contributed by atoms with Crippen LogP contribution in [-0.2, 0) is 4.79 Å². The van der Waals surface area contributed by atoms with Crippen LogP contribution in [0.15, 0.2) is 79.3 Å². The molecule has 188 valence electrons. The lowest BCUT2D eigenvalue weighted by molar-refractivity contribution is -0.118. The van der Waals surface area contributed by atoms with Crippen molar-refractivity contribution in [3.63, 3.8) is 0 Å². The summed E-state index contributed by atoms with van der Waals surface area (Å²) in [5, 5.41) is 7.38. The highest BCUT2D eigenvalue weighted by molar-refractivity contribution is 7.80. The smallest absolute Gasteiger partial charge is 0.226 e. The van der Waals surface area contributed by atoms with Crippen molar-refractivity contribution in [2.45, 2.75) is 32.9 Å². The number of thiocarbonyl (C=S) groups is 1. The van der Waals surface area contributed by atoms with Crippen molar-refractivity contribution in [3.05, 3.63) is 101 Å². The second-order valence-electron chi connectivity index (χ2n) is 9.25. The number of carbonyl (C=O) groups excluding carboxylic acids is 1. The predicted molar refractivity (Wildman–Crippen MR) is 151 cm³/mol. The predicted octanol–water partition coefficient (Wildman–Crippen LogP) is 6.00. The zero-order valence-corrected chi connectivity index (χ0v) is 22.3. The summed E-state index contributed by atoms with van der Waals surface area (Å²) in [4.78, 5) is 23.3. The van der Waals surface area contributed by atoms with E-state index in [-0.39, 0.29) is 23.9 Å². The second kappa shape index (κ2) is 10.3. The van der Waals surface area contributed by atoms with Crippen LogP contribution in [0.2, 0.25) is 5.02 Å². The van der Waals surface area contributed by atoms with E-state index in [1.807, 2.05) is 68.6 Å². The molecule has 1 aromatic carbocycles. The summed E-state index contributed by atoms with van der Waals surface area (Å²) in [5.41, 5.74) is 5.31. The molecule has 3 aromatic heterocycles. The van der Waals surface area contributed by atoms with Gasteiger partial charge in [-0.1, -0.05) is 31.5 Å². The number of halogens is 1. The number of benzene rings is 1. The number of pyridine rings is 2. The van der Waals surface area contributed by atoms with Gasteiger partial charge in [0.2, 0.25) is 5.91 Å². The second-order valence-corrected chi connectivity index (χ2v) is 10.0. The van der Waals surface area contributed by atoms with Gasteiger partial charge in [-0.3, -0.25) is 14.8 Å². The molecule has 0 radical (unpaired) electrons. The van der Waals surface area contributed by atoms with Gasteiger partial charge in [-0.25, -0.2) is 0 Å². The molecule has 1 saturated heterocycles. The molecule has 1 aliphatic heterocycles. The first-order valence-electron chi connectivity index (χ1n) is 12.0. The van der Waals surface area contributed by atoms with Gasteiger partial charge in [0, 0.05) is 35.4 Å². The fourth-order valence-corrected chi connectivity index (χ4v) is 5.16. The zero-order valence-electron chi connectivity index (χ0n) is 20.7. The minimum absolute atomic E-state index is 0.0918. The summed E-state index contributed by atoms with van der Waals surface area (Å²) in [7, 11) is 0. The number of rotatable bonds is 6. The highest BCUT2D eigenvalue weighted by Gasteiger charge is 2.42. The number of hydrogen-bond donors (Lipinski definition) is 2. The normalized spacial score (nSPS) is 17.2. The largest absolute Gasteiger partial charge is 0.351 e. The number of aryl methyl sites for hydroxylation is 1. The maximum atomic E-state index is 12.2. The molecule has 2 N–H and O–H groups in total. The Bertz CT molecular complexity index is 1440. The molecule has 0 aliphatic carbocycles. The van der Waals surface area contributed by atoms with E-state index in [1.165, 1.54) is 0 Å². The van der Waals surface area contributed by atoms with Crippen LogP contribution < -0.4 is 15.5 Å². The van der Waals surface area contributed by atoms with Gasteiger partial charge in [0.25, 0.3) is 0 Å². The van der Waals surface area contributed by atoms with Crippen LogP contribution >= 0.6 is 23.8 Å². The van der Waals surface area contributed by atoms with E-state index in [1.54, 1.807) is 12.4 Å². The molecule has 2 atom stereocenters. The third kappa shape index (κ3) is 4.82. The van der Waals surface area contributed by atoms with Crippen LogP contribution in [0.5, 0.6) is 0 Å². The molecule has 0 bridgehead atoms. The molecular weight excluding hydrogens is 504 g/mol. The van der Waals surface area contributed by atoms with Crippen LogP contribution in [-0.4, -0.2) is 25.6 Å². The maximum Gasteiger partial charge on any atom is 0.226 e. The van der Waals surface area contributed by atoms with Crippen molar-refractivity contribution in [1.82, 2.24) is 19.9 Å². The van der Waals surface area contributed by atoms with E-state index in [0.29, 0.717) is 15.8 Å². The molecular formula is C28H27ClN6OS. The van der Waals surface area contributed by atoms with Crippen LogP contribution in [0.4, 0.5) is 11.4 Å². The zero-order chi connectivity index (χ0) is 26.1. The van der Waals surface area contributed by atoms with E-state index in [9.17, 15) is 4.79 Å². The molecule has 1 fully saturated rings. The molecule has 0 saturated carbocycles. The fourth-order valence-electron chi connectivity index (χ4n) is 4.59. The van der Waals surface area contributed by atoms with Gasteiger partial charge in [0.05, 0.1) is 34.3 Å². The van der Waals surface area contributed by atoms with Gasteiger partial charge in [-0.2, -0.15) is 0 Å². The molecule has 1 amide bonds. The Morgan fingerprint density at radius 3 is 2.59 bits per heavy atom. The highest BCUT2D eigenvalue weighted by Crippen LogP contribution is 2.43. The molecule has 7 nitrogen and oxygen atoms in total. The van der Waals surface area contributed by atoms with Gasteiger partial charge < -0.3 is 20.1 Å². The molecule has 4 aromatic rings. The topological polar surface area (TPSA) is 75.1 Å². The van der Waals surface area contributed by atoms with Crippen LogP contribution in [0, 0.1) is 12.8 Å². The van der Waals surface area contributed by atoms with Gasteiger partial charge in [-0.05, 0) is 73.7 Å². The Morgan fingerprint density at radius 1 is 1.08 bits per heavy atom. The van der Waals surface area contributed by atoms with Crippen molar-refractivity contribution >= 4 is 46.2 Å². The van der Waals surface area contributed by atoms with Crippen molar-refractivity contribution in [3.8, 4) is 5.69 Å². The molecule has 5 rings (SSSR count). The molecule has 9 heteroatoms. The van der Waals surface area contributed by atoms with Crippen LogP contribution in [0.3, 0.4) is 0 Å². The SMILES string of the molecule is Cc1ccc([C@H]2[C@H](c3ccccn3)NC(=S)N2c2ccc(NC(=O)C(C)C)c(Cl)c2)n1-c1cccnc1. The molecule has 0 unspecified atom stereocenters. The molecule has 0 spiro atoms. The Hall–Kier alpha value is -3.75. The summed E-state index contributed by atoms with van der Waals surface area (Å²) < 4.78 is 2.19. The quantitative estimate of drug-likeness (QED) is 0.298. The standard InChI is InChI=1S/C28H27ClN6OS/c1-17(2)27(36)32-22-11-10-19(15-21(22)29)35-26(25(33-28(35)37)23-8-4-5-14-31-23)24-12-9-18(3)34(24)20-7-6-13-30-16-20/h4-17,25-26H,1-3H3,(H,32,36)(H,33,37)/t25-,26-/m0/s1. The van der Waals surface area contributed by atoms with E-state index < -0.39 is 0 Å². The van der Waals surface area contributed by atoms with Gasteiger partial charge >= 0.3 is 0 Å². The lowest BCUT2D eigenvalue weighted by atomic mass is 10.0. The van der Waals surface area contributed by atoms with E-state index in [4.69, 9.17) is 23.8 Å². The van der Waals surface area contributed by atoms with Crippen molar-refractivity contribution in [2.75, 3.05) is 10.2 Å². The molecule has 37 heavy (non-hydrogen) atoms. The maximum absolute atomic E-state index is 12.2. The van der Waals surface area contributed by atoms with Crippen LogP contribution in [0.1, 0.15) is 43.0 Å². The van der Waals surface area contributed by atoms with Crippen LogP contribution in [0.25, 0.3) is 5.69 Å². The number of nitrogens with one attached hydrogen (secondary N) is 2. The number of anilines is 2. The summed E-state index contributed by atoms with van der Waals surface area (Å²) in [6, 6.07) is 19.2. The summed E-state index contributed by atoms with van der Waals surface area (Å²) in [6.07, 6.45) is 5.40. The minimum Gasteiger partial charge on any atom is -0.351 e. The summed E-state index contributed by atoms with van der Waals surface area (Å²) >= 11 is 12.5. The number of carbonyl (C=O) groups is 1. The lowest BCUT2D eigenvalue weighted by Gasteiger charge is -2.29. The Morgan fingerprint density at radius 2 is 1.92 bits per heavy atom. The van der Waals surface area contributed by atoms with Crippen molar-refractivity contribution in [1.29, 1.82) is 0 Å². The van der Waals surface area contributed by atoms with E-state index >= 15 is 0 Å². The van der Waals surface area contributed by atoms with Gasteiger partial charge in [0.15, 0.2) is 5.11 Å². The van der Waals surface area contributed by atoms with Gasteiger partial charge in [0.1, 0.15) is 6.04 Å². The molecule has 4 heterocycles. The Labute approximate surface area is 226 Å².